The number of nitrogens with zero attached hydrogens (tertiary/aromatic N) is 1. The van der Waals surface area contributed by atoms with Crippen molar-refractivity contribution in [3.8, 4) is 0 Å². The van der Waals surface area contributed by atoms with E-state index in [1.165, 1.54) is 0 Å². The van der Waals surface area contributed by atoms with Crippen LogP contribution >= 0.6 is 12.2 Å². The summed E-state index contributed by atoms with van der Waals surface area (Å²) in [5, 5.41) is 6.72. The second-order valence-corrected chi connectivity index (χ2v) is 4.34. The van der Waals surface area contributed by atoms with Crippen LogP contribution in [0.25, 0.3) is 0 Å². The summed E-state index contributed by atoms with van der Waals surface area (Å²) in [6.45, 7) is 8.66. The van der Waals surface area contributed by atoms with Crippen LogP contribution in [0.1, 0.15) is 39.5 Å². The quantitative estimate of drug-likeness (QED) is 0.762. The number of aromatic amines is 1. The van der Waals surface area contributed by atoms with E-state index in [2.05, 4.69) is 37.9 Å². The number of rotatable bonds is 3. The molecule has 1 aromatic rings. The molecule has 0 fully saturated rings. The molecule has 1 rings (SSSR count). The van der Waals surface area contributed by atoms with Gasteiger partial charge in [0.1, 0.15) is 0 Å². The van der Waals surface area contributed by atoms with E-state index in [4.69, 9.17) is 16.6 Å². The zero-order valence-corrected chi connectivity index (χ0v) is 9.31. The molecule has 0 aliphatic carbocycles. The lowest BCUT2D eigenvalue weighted by Crippen LogP contribution is -2.13. The molecule has 3 nitrogen and oxygen atoms in total. The smallest absolute Gasteiger partial charge is 0.284 e. The van der Waals surface area contributed by atoms with Crippen molar-refractivity contribution in [1.82, 2.24) is 10.2 Å². The summed E-state index contributed by atoms with van der Waals surface area (Å²) in [6.07, 6.45) is 0. The Balaban J connectivity index is 2.95. The number of H-pyrrole nitrogens is 1. The third-order valence-corrected chi connectivity index (χ3v) is 2.35. The minimum atomic E-state index is 0.341. The molecular weight excluding hydrogens is 184 g/mol. The molecule has 74 valence electrons. The van der Waals surface area contributed by atoms with E-state index in [1.54, 1.807) is 0 Å². The van der Waals surface area contributed by atoms with Crippen molar-refractivity contribution in [2.24, 2.45) is 11.8 Å². The molecule has 0 atom stereocenters. The first-order chi connectivity index (χ1) is 6.02. The first-order valence-corrected chi connectivity index (χ1v) is 4.98. The molecule has 0 bridgehead atoms. The molecule has 13 heavy (non-hydrogen) atoms. The second-order valence-electron chi connectivity index (χ2n) is 3.97. The maximum absolute atomic E-state index is 5.32. The largest absolute Gasteiger partial charge is 0.414 e. The van der Waals surface area contributed by atoms with Crippen LogP contribution in [0.5, 0.6) is 0 Å². The lowest BCUT2D eigenvalue weighted by Gasteiger charge is -2.20. The van der Waals surface area contributed by atoms with Crippen molar-refractivity contribution in [3.05, 3.63) is 10.7 Å². The molecule has 0 saturated heterocycles. The third-order valence-electron chi connectivity index (χ3n) is 2.18. The average Bonchev–Trinajstić information content (AvgIpc) is 2.34. The van der Waals surface area contributed by atoms with Crippen molar-refractivity contribution >= 4 is 12.2 Å². The highest BCUT2D eigenvalue weighted by atomic mass is 32.1. The van der Waals surface area contributed by atoms with E-state index in [0.717, 1.165) is 5.89 Å². The van der Waals surface area contributed by atoms with Gasteiger partial charge in [0.05, 0.1) is 0 Å². The highest BCUT2D eigenvalue weighted by molar-refractivity contribution is 7.71. The van der Waals surface area contributed by atoms with E-state index in [-0.39, 0.29) is 0 Å². The maximum Gasteiger partial charge on any atom is 0.284 e. The fourth-order valence-electron chi connectivity index (χ4n) is 1.72. The molecule has 0 spiro atoms. The summed E-state index contributed by atoms with van der Waals surface area (Å²) in [4.78, 5) is 0.362. The molecule has 0 aromatic carbocycles. The maximum atomic E-state index is 5.32. The SMILES string of the molecule is CC(C)C(c1n[nH]c(=S)o1)C(C)C. The number of hydrogen-bond donors (Lipinski definition) is 1. The van der Waals surface area contributed by atoms with Gasteiger partial charge < -0.3 is 4.42 Å². The fraction of sp³-hybridized carbons (Fsp3) is 0.778. The molecule has 0 amide bonds. The molecule has 4 heteroatoms. The summed E-state index contributed by atoms with van der Waals surface area (Å²) in [6, 6.07) is 0. The second kappa shape index (κ2) is 4.05. The van der Waals surface area contributed by atoms with E-state index in [0.29, 0.717) is 22.6 Å². The fourth-order valence-corrected chi connectivity index (χ4v) is 1.86. The molecule has 0 unspecified atom stereocenters. The van der Waals surface area contributed by atoms with Crippen LogP contribution in [0.4, 0.5) is 0 Å². The van der Waals surface area contributed by atoms with Gasteiger partial charge in [0.2, 0.25) is 5.89 Å². The first-order valence-electron chi connectivity index (χ1n) is 4.57. The van der Waals surface area contributed by atoms with Crippen molar-refractivity contribution < 1.29 is 4.42 Å². The van der Waals surface area contributed by atoms with E-state index in [1.807, 2.05) is 0 Å². The number of nitrogens with one attached hydrogen (secondary N) is 1. The van der Waals surface area contributed by atoms with Gasteiger partial charge in [0, 0.05) is 5.92 Å². The van der Waals surface area contributed by atoms with Crippen molar-refractivity contribution in [2.75, 3.05) is 0 Å². The van der Waals surface area contributed by atoms with E-state index in [9.17, 15) is 0 Å². The minimum absolute atomic E-state index is 0.341. The standard InChI is InChI=1S/C9H16N2OS/c1-5(2)7(6(3)4)8-10-11-9(13)12-8/h5-7H,1-4H3,(H,11,13). The molecule has 0 aliphatic rings. The Morgan fingerprint density at radius 2 is 1.77 bits per heavy atom. The monoisotopic (exact) mass is 200 g/mol. The van der Waals surface area contributed by atoms with E-state index >= 15 is 0 Å². The Kier molecular flexibility index (Phi) is 3.25. The van der Waals surface area contributed by atoms with Crippen LogP contribution in [0.3, 0.4) is 0 Å². The number of aromatic nitrogens is 2. The summed E-state index contributed by atoms with van der Waals surface area (Å²) in [5.41, 5.74) is 0. The Hall–Kier alpha value is -0.640. The lowest BCUT2D eigenvalue weighted by molar-refractivity contribution is 0.311. The highest BCUT2D eigenvalue weighted by Gasteiger charge is 2.24. The predicted octanol–water partition coefficient (Wildman–Crippen LogP) is 3.13. The Morgan fingerprint density at radius 3 is 2.08 bits per heavy atom. The van der Waals surface area contributed by atoms with Gasteiger partial charge in [-0.15, -0.1) is 5.10 Å². The average molecular weight is 200 g/mol. The highest BCUT2D eigenvalue weighted by Crippen LogP contribution is 2.30. The van der Waals surface area contributed by atoms with Gasteiger partial charge in [-0.1, -0.05) is 27.7 Å². The van der Waals surface area contributed by atoms with E-state index < -0.39 is 0 Å². The molecule has 0 radical (unpaired) electrons. The summed E-state index contributed by atoms with van der Waals surface area (Å²) < 4.78 is 5.32. The molecule has 1 N–H and O–H groups in total. The molecular formula is C9H16N2OS. The number of hydrogen-bond acceptors (Lipinski definition) is 3. The molecule has 0 aliphatic heterocycles. The van der Waals surface area contributed by atoms with Crippen LogP contribution < -0.4 is 0 Å². The molecule has 1 heterocycles. The van der Waals surface area contributed by atoms with Gasteiger partial charge in [-0.3, -0.25) is 0 Å². The Labute approximate surface area is 83.5 Å². The zero-order valence-electron chi connectivity index (χ0n) is 8.50. The third kappa shape index (κ3) is 2.40. The minimum Gasteiger partial charge on any atom is -0.414 e. The lowest BCUT2D eigenvalue weighted by atomic mass is 9.85. The molecule has 0 saturated carbocycles. The van der Waals surface area contributed by atoms with Crippen molar-refractivity contribution in [2.45, 2.75) is 33.6 Å². The Bertz CT molecular complexity index is 305. The van der Waals surface area contributed by atoms with Crippen molar-refractivity contribution in [3.63, 3.8) is 0 Å². The normalized spacial score (nSPS) is 11.9. The summed E-state index contributed by atoms with van der Waals surface area (Å²) in [7, 11) is 0. The summed E-state index contributed by atoms with van der Waals surface area (Å²) in [5.74, 6) is 2.10. The molecule has 1 aromatic heterocycles. The zero-order chi connectivity index (χ0) is 10.0. The van der Waals surface area contributed by atoms with Crippen LogP contribution in [-0.4, -0.2) is 10.2 Å². The van der Waals surface area contributed by atoms with Gasteiger partial charge in [-0.25, -0.2) is 5.10 Å². The van der Waals surface area contributed by atoms with Crippen LogP contribution in [0, 0.1) is 16.7 Å². The van der Waals surface area contributed by atoms with Crippen LogP contribution in [0.15, 0.2) is 4.42 Å². The van der Waals surface area contributed by atoms with Gasteiger partial charge in [-0.05, 0) is 24.1 Å². The van der Waals surface area contributed by atoms with Gasteiger partial charge in [0.25, 0.3) is 4.84 Å². The van der Waals surface area contributed by atoms with Gasteiger partial charge >= 0.3 is 0 Å². The topological polar surface area (TPSA) is 41.8 Å². The van der Waals surface area contributed by atoms with Gasteiger partial charge in [0.15, 0.2) is 0 Å². The van der Waals surface area contributed by atoms with Crippen molar-refractivity contribution in [1.29, 1.82) is 0 Å². The van der Waals surface area contributed by atoms with Crippen LogP contribution in [-0.2, 0) is 0 Å². The predicted molar refractivity (Wildman–Crippen MR) is 54.1 cm³/mol. The first kappa shape index (κ1) is 10.4. The Morgan fingerprint density at radius 1 is 1.23 bits per heavy atom. The summed E-state index contributed by atoms with van der Waals surface area (Å²) >= 11 is 4.84. The van der Waals surface area contributed by atoms with Crippen LogP contribution in [0.2, 0.25) is 0 Å². The van der Waals surface area contributed by atoms with Gasteiger partial charge in [-0.2, -0.15) is 0 Å².